The van der Waals surface area contributed by atoms with Crippen molar-refractivity contribution in [1.29, 1.82) is 0 Å². The molecule has 5 nitrogen and oxygen atoms in total. The third-order valence-electron chi connectivity index (χ3n) is 4.09. The smallest absolute Gasteiger partial charge is 0.181 e. The number of nitrogens with zero attached hydrogens (tertiary/aromatic N) is 4. The summed E-state index contributed by atoms with van der Waals surface area (Å²) in [5, 5.41) is 4.73. The van der Waals surface area contributed by atoms with Gasteiger partial charge in [0.2, 0.25) is 0 Å². The lowest BCUT2D eigenvalue weighted by Gasteiger charge is -2.06. The molecule has 0 amide bonds. The summed E-state index contributed by atoms with van der Waals surface area (Å²) in [5.74, 6) is 2.32. The summed E-state index contributed by atoms with van der Waals surface area (Å²) in [6.45, 7) is 0.558. The Labute approximate surface area is 151 Å². The van der Waals surface area contributed by atoms with Gasteiger partial charge in [0.25, 0.3) is 0 Å². The number of aromatic nitrogens is 4. The minimum atomic E-state index is 0.558. The topological polar surface area (TPSA) is 52.8 Å². The number of methoxy groups -OCH3 is 1. The highest BCUT2D eigenvalue weighted by molar-refractivity contribution is 5.62. The predicted octanol–water partition coefficient (Wildman–Crippen LogP) is 4.06. The van der Waals surface area contributed by atoms with E-state index >= 15 is 0 Å². The van der Waals surface area contributed by atoms with Crippen molar-refractivity contribution < 1.29 is 4.74 Å². The van der Waals surface area contributed by atoms with Gasteiger partial charge in [0.1, 0.15) is 5.75 Å². The molecular formula is C21H18N4O. The van der Waals surface area contributed by atoms with Crippen molar-refractivity contribution in [3.05, 3.63) is 84.7 Å². The maximum Gasteiger partial charge on any atom is 0.181 e. The van der Waals surface area contributed by atoms with Crippen LogP contribution in [0.2, 0.25) is 0 Å². The fraction of sp³-hybridized carbons (Fsp3) is 0.0952. The average molecular weight is 342 g/mol. The molecule has 128 valence electrons. The lowest BCUT2D eigenvalue weighted by molar-refractivity contribution is 0.415. The van der Waals surface area contributed by atoms with Crippen LogP contribution in [-0.4, -0.2) is 26.9 Å². The fourth-order valence-corrected chi connectivity index (χ4v) is 2.76. The number of ether oxygens (including phenoxy) is 1. The van der Waals surface area contributed by atoms with Crippen molar-refractivity contribution >= 4 is 0 Å². The van der Waals surface area contributed by atoms with Crippen molar-refractivity contribution in [3.8, 4) is 28.5 Å². The average Bonchev–Trinajstić information content (AvgIpc) is 3.13. The van der Waals surface area contributed by atoms with E-state index in [1.165, 1.54) is 0 Å². The van der Waals surface area contributed by atoms with Crippen LogP contribution in [0.15, 0.2) is 79.0 Å². The molecule has 2 aromatic heterocycles. The Morgan fingerprint density at radius 2 is 1.62 bits per heavy atom. The Bertz CT molecular complexity index is 980. The van der Waals surface area contributed by atoms with Gasteiger partial charge in [-0.1, -0.05) is 36.4 Å². The molecule has 0 saturated heterocycles. The number of hydrogen-bond acceptors (Lipinski definition) is 4. The molecule has 0 N–H and O–H groups in total. The predicted molar refractivity (Wildman–Crippen MR) is 101 cm³/mol. The summed E-state index contributed by atoms with van der Waals surface area (Å²) in [5.41, 5.74) is 2.91. The molecule has 2 heterocycles. The van der Waals surface area contributed by atoms with Gasteiger partial charge in [0.15, 0.2) is 11.6 Å². The van der Waals surface area contributed by atoms with Gasteiger partial charge < -0.3 is 4.74 Å². The monoisotopic (exact) mass is 342 g/mol. The Kier molecular flexibility index (Phi) is 4.43. The highest BCUT2D eigenvalue weighted by Gasteiger charge is 2.14. The number of rotatable bonds is 5. The van der Waals surface area contributed by atoms with Crippen LogP contribution >= 0.6 is 0 Å². The molecule has 0 spiro atoms. The van der Waals surface area contributed by atoms with Gasteiger partial charge in [0.05, 0.1) is 19.3 Å². The van der Waals surface area contributed by atoms with Gasteiger partial charge in [-0.05, 0) is 36.4 Å². The van der Waals surface area contributed by atoms with E-state index in [1.807, 2.05) is 77.5 Å². The fourth-order valence-electron chi connectivity index (χ4n) is 2.76. The van der Waals surface area contributed by atoms with E-state index in [4.69, 9.17) is 14.8 Å². The first kappa shape index (κ1) is 16.0. The molecule has 0 aliphatic heterocycles. The molecule has 5 heteroatoms. The van der Waals surface area contributed by atoms with E-state index in [0.29, 0.717) is 12.4 Å². The van der Waals surface area contributed by atoms with Crippen LogP contribution in [0.25, 0.3) is 22.8 Å². The molecule has 4 aromatic rings. The molecule has 2 aromatic carbocycles. The number of hydrogen-bond donors (Lipinski definition) is 0. The molecule has 0 radical (unpaired) electrons. The number of benzene rings is 2. The summed E-state index contributed by atoms with van der Waals surface area (Å²) in [6.07, 6.45) is 1.79. The van der Waals surface area contributed by atoms with Crippen LogP contribution in [-0.2, 0) is 6.54 Å². The lowest BCUT2D eigenvalue weighted by Crippen LogP contribution is -2.05. The van der Waals surface area contributed by atoms with Gasteiger partial charge in [0, 0.05) is 17.3 Å². The van der Waals surface area contributed by atoms with Crippen molar-refractivity contribution in [3.63, 3.8) is 0 Å². The summed E-state index contributed by atoms with van der Waals surface area (Å²) < 4.78 is 7.15. The second-order valence-electron chi connectivity index (χ2n) is 5.83. The Balaban J connectivity index is 1.78. The van der Waals surface area contributed by atoms with E-state index in [-0.39, 0.29) is 0 Å². The van der Waals surface area contributed by atoms with E-state index in [0.717, 1.165) is 28.4 Å². The van der Waals surface area contributed by atoms with Gasteiger partial charge in [-0.15, -0.1) is 0 Å². The van der Waals surface area contributed by atoms with Crippen LogP contribution in [0.3, 0.4) is 0 Å². The van der Waals surface area contributed by atoms with Gasteiger partial charge >= 0.3 is 0 Å². The summed E-state index contributed by atoms with van der Waals surface area (Å²) in [6, 6.07) is 23.7. The molecular weight excluding hydrogens is 324 g/mol. The standard InChI is InChI=1S/C21H18N4O/c1-26-19-12-10-17(11-13-19)21-23-20(16-7-3-2-4-8-16)24-25(21)15-18-9-5-6-14-22-18/h2-14H,15H2,1H3. The van der Waals surface area contributed by atoms with Crippen LogP contribution in [0, 0.1) is 0 Å². The minimum Gasteiger partial charge on any atom is -0.497 e. The molecule has 4 rings (SSSR count). The summed E-state index contributed by atoms with van der Waals surface area (Å²) in [7, 11) is 1.66. The normalized spacial score (nSPS) is 10.7. The van der Waals surface area contributed by atoms with Crippen molar-refractivity contribution in [2.45, 2.75) is 6.54 Å². The van der Waals surface area contributed by atoms with Crippen LogP contribution < -0.4 is 4.74 Å². The maximum atomic E-state index is 5.25. The first-order chi connectivity index (χ1) is 12.8. The van der Waals surface area contributed by atoms with Gasteiger partial charge in [-0.25, -0.2) is 9.67 Å². The van der Waals surface area contributed by atoms with Crippen molar-refractivity contribution in [2.75, 3.05) is 7.11 Å². The largest absolute Gasteiger partial charge is 0.497 e. The zero-order valence-corrected chi connectivity index (χ0v) is 14.4. The van der Waals surface area contributed by atoms with Crippen LogP contribution in [0.4, 0.5) is 0 Å². The summed E-state index contributed by atoms with van der Waals surface area (Å²) >= 11 is 0. The van der Waals surface area contributed by atoms with Crippen LogP contribution in [0.1, 0.15) is 5.69 Å². The van der Waals surface area contributed by atoms with E-state index in [2.05, 4.69) is 4.98 Å². The Morgan fingerprint density at radius 3 is 2.31 bits per heavy atom. The third kappa shape index (κ3) is 3.32. The molecule has 0 unspecified atom stereocenters. The Morgan fingerprint density at radius 1 is 0.846 bits per heavy atom. The third-order valence-corrected chi connectivity index (χ3v) is 4.09. The lowest BCUT2D eigenvalue weighted by atomic mass is 10.2. The Hall–Kier alpha value is -3.47. The first-order valence-corrected chi connectivity index (χ1v) is 8.38. The maximum absolute atomic E-state index is 5.25. The van der Waals surface area contributed by atoms with Crippen molar-refractivity contribution in [1.82, 2.24) is 19.7 Å². The molecule has 0 aliphatic rings. The van der Waals surface area contributed by atoms with Gasteiger partial charge in [-0.2, -0.15) is 5.10 Å². The molecule has 0 atom stereocenters. The van der Waals surface area contributed by atoms with Gasteiger partial charge in [-0.3, -0.25) is 4.98 Å². The highest BCUT2D eigenvalue weighted by Crippen LogP contribution is 2.24. The highest BCUT2D eigenvalue weighted by atomic mass is 16.5. The second-order valence-corrected chi connectivity index (χ2v) is 5.83. The quantitative estimate of drug-likeness (QED) is 0.549. The molecule has 0 aliphatic carbocycles. The SMILES string of the molecule is COc1ccc(-c2nc(-c3ccccc3)nn2Cc2ccccn2)cc1. The first-order valence-electron chi connectivity index (χ1n) is 8.38. The minimum absolute atomic E-state index is 0.558. The summed E-state index contributed by atoms with van der Waals surface area (Å²) in [4.78, 5) is 9.20. The van der Waals surface area contributed by atoms with E-state index in [9.17, 15) is 0 Å². The van der Waals surface area contributed by atoms with Crippen molar-refractivity contribution in [2.24, 2.45) is 0 Å². The molecule has 0 fully saturated rings. The molecule has 26 heavy (non-hydrogen) atoms. The molecule has 0 bridgehead atoms. The number of pyridine rings is 1. The zero-order valence-electron chi connectivity index (χ0n) is 14.4. The second kappa shape index (κ2) is 7.19. The van der Waals surface area contributed by atoms with E-state index in [1.54, 1.807) is 13.3 Å². The zero-order chi connectivity index (χ0) is 17.8. The van der Waals surface area contributed by atoms with Crippen LogP contribution in [0.5, 0.6) is 5.75 Å². The molecule has 0 saturated carbocycles. The van der Waals surface area contributed by atoms with E-state index < -0.39 is 0 Å².